The van der Waals surface area contributed by atoms with Crippen LogP contribution in [0.5, 0.6) is 0 Å². The van der Waals surface area contributed by atoms with Gasteiger partial charge in [-0.05, 0) is 33.5 Å². The second kappa shape index (κ2) is 21.1. The van der Waals surface area contributed by atoms with Gasteiger partial charge in [0.2, 0.25) is 0 Å². The van der Waals surface area contributed by atoms with Crippen LogP contribution < -0.4 is 10.6 Å². The van der Waals surface area contributed by atoms with Crippen LogP contribution in [-0.2, 0) is 0 Å². The van der Waals surface area contributed by atoms with E-state index in [4.69, 9.17) is 10.2 Å². The lowest BCUT2D eigenvalue weighted by Crippen LogP contribution is -2.56. The van der Waals surface area contributed by atoms with E-state index in [1.807, 2.05) is 19.0 Å². The lowest BCUT2D eigenvalue weighted by atomic mass is 9.97. The first-order valence-corrected chi connectivity index (χ1v) is 13.1. The van der Waals surface area contributed by atoms with Gasteiger partial charge in [-0.2, -0.15) is 0 Å². The summed E-state index contributed by atoms with van der Waals surface area (Å²) in [7, 11) is 3.83. The van der Waals surface area contributed by atoms with Crippen molar-refractivity contribution < 1.29 is 61.3 Å². The summed E-state index contributed by atoms with van der Waals surface area (Å²) >= 11 is 0. The molecule has 0 saturated carbocycles. The first-order chi connectivity index (χ1) is 18.3. The van der Waals surface area contributed by atoms with Crippen LogP contribution in [0.1, 0.15) is 12.8 Å². The molecule has 14 N–H and O–H groups in total. The molecule has 0 spiro atoms. The van der Waals surface area contributed by atoms with Crippen molar-refractivity contribution in [2.45, 2.75) is 74.0 Å². The minimum Gasteiger partial charge on any atom is -0.394 e. The molecule has 16 heteroatoms. The molecule has 0 aromatic rings. The van der Waals surface area contributed by atoms with E-state index in [9.17, 15) is 51.1 Å². The smallest absolute Gasteiger partial charge is 0.136 e. The molecule has 39 heavy (non-hydrogen) atoms. The van der Waals surface area contributed by atoms with E-state index in [1.165, 1.54) is 4.90 Å². The fourth-order valence-electron chi connectivity index (χ4n) is 3.68. The molecule has 0 heterocycles. The molecule has 236 valence electrons. The van der Waals surface area contributed by atoms with Gasteiger partial charge in [-0.15, -0.1) is 0 Å². The average Bonchev–Trinajstić information content (AvgIpc) is 2.93. The van der Waals surface area contributed by atoms with Gasteiger partial charge in [0.1, 0.15) is 55.1 Å². The Morgan fingerprint density at radius 2 is 0.923 bits per heavy atom. The zero-order valence-electron chi connectivity index (χ0n) is 22.8. The SMILES string of the molecule is CN(C)CCNCCN(CCNCCCC(O)[C@@H](O)[C@H](O)[C@H](O)[C@@H](O)CO)C(O)[C@@H](O)[C@H](O)[C@H](O)[C@@H](O)CO. The van der Waals surface area contributed by atoms with Crippen molar-refractivity contribution in [3.05, 3.63) is 0 Å². The molecular formula is C23H52N4O12. The van der Waals surface area contributed by atoms with E-state index >= 15 is 0 Å². The highest BCUT2D eigenvalue weighted by Gasteiger charge is 2.36. The summed E-state index contributed by atoms with van der Waals surface area (Å²) < 4.78 is 0. The fraction of sp³-hybridized carbons (Fsp3) is 1.00. The van der Waals surface area contributed by atoms with Gasteiger partial charge in [0.15, 0.2) is 0 Å². The largest absolute Gasteiger partial charge is 0.394 e. The number of aliphatic hydroxyl groups is 12. The molecule has 0 aliphatic carbocycles. The van der Waals surface area contributed by atoms with Crippen molar-refractivity contribution in [2.24, 2.45) is 0 Å². The summed E-state index contributed by atoms with van der Waals surface area (Å²) in [6, 6.07) is 0. The number of nitrogens with zero attached hydrogens (tertiary/aromatic N) is 2. The summed E-state index contributed by atoms with van der Waals surface area (Å²) in [5.74, 6) is 0. The van der Waals surface area contributed by atoms with Crippen LogP contribution in [0, 0.1) is 0 Å². The van der Waals surface area contributed by atoms with Crippen molar-refractivity contribution in [3.8, 4) is 0 Å². The maximum atomic E-state index is 10.6. The molecular weight excluding hydrogens is 524 g/mol. The van der Waals surface area contributed by atoms with Crippen molar-refractivity contribution >= 4 is 0 Å². The van der Waals surface area contributed by atoms with E-state index in [0.29, 0.717) is 32.6 Å². The molecule has 0 rings (SSSR count). The summed E-state index contributed by atoms with van der Waals surface area (Å²) in [4.78, 5) is 3.43. The molecule has 0 aliphatic rings. The molecule has 0 bridgehead atoms. The van der Waals surface area contributed by atoms with E-state index in [1.54, 1.807) is 0 Å². The highest BCUT2D eigenvalue weighted by atomic mass is 16.4. The Morgan fingerprint density at radius 3 is 1.38 bits per heavy atom. The number of rotatable bonds is 24. The summed E-state index contributed by atoms with van der Waals surface area (Å²) in [5, 5.41) is 123. The van der Waals surface area contributed by atoms with Crippen LogP contribution in [0.4, 0.5) is 0 Å². The Bertz CT molecular complexity index is 599. The molecule has 0 aromatic carbocycles. The van der Waals surface area contributed by atoms with Crippen molar-refractivity contribution in [2.75, 3.05) is 73.1 Å². The lowest BCUT2D eigenvalue weighted by molar-refractivity contribution is -0.170. The Kier molecular flexibility index (Phi) is 20.8. The predicted molar refractivity (Wildman–Crippen MR) is 139 cm³/mol. The standard InChI is InChI=1S/C23H52N4O12/c1-26(2)9-6-25-8-11-27(23(39)22(38)21(37)19(35)16(32)13-29)10-7-24-5-3-4-14(30)17(33)20(36)18(34)15(31)12-28/h14-25,28-39H,3-13H2,1-2H3/t14?,15-,16-,17+,18+,19+,20-,21+,22-,23?/m0/s1. The third kappa shape index (κ3) is 14.7. The minimum atomic E-state index is -1.93. The van der Waals surface area contributed by atoms with Gasteiger partial charge in [-0.1, -0.05) is 0 Å². The van der Waals surface area contributed by atoms with Crippen LogP contribution in [-0.4, -0.2) is 205 Å². The highest BCUT2D eigenvalue weighted by molar-refractivity contribution is 4.86. The van der Waals surface area contributed by atoms with Crippen LogP contribution in [0.25, 0.3) is 0 Å². The molecule has 0 amide bonds. The van der Waals surface area contributed by atoms with Crippen molar-refractivity contribution in [1.29, 1.82) is 0 Å². The van der Waals surface area contributed by atoms with Crippen LogP contribution >= 0.6 is 0 Å². The molecule has 0 fully saturated rings. The number of aliphatic hydroxyl groups excluding tert-OH is 12. The summed E-state index contributed by atoms with van der Waals surface area (Å²) in [6.45, 7) is 1.28. The van der Waals surface area contributed by atoms with E-state index < -0.39 is 74.4 Å². The van der Waals surface area contributed by atoms with Crippen LogP contribution in [0.15, 0.2) is 0 Å². The van der Waals surface area contributed by atoms with Gasteiger partial charge in [-0.25, -0.2) is 0 Å². The van der Waals surface area contributed by atoms with Gasteiger partial charge in [0.05, 0.1) is 19.3 Å². The number of nitrogens with one attached hydrogen (secondary N) is 2. The third-order valence-electron chi connectivity index (χ3n) is 6.38. The fourth-order valence-corrected chi connectivity index (χ4v) is 3.68. The first kappa shape index (κ1) is 38.4. The Balaban J connectivity index is 4.77. The lowest BCUT2D eigenvalue weighted by Gasteiger charge is -2.35. The van der Waals surface area contributed by atoms with E-state index in [-0.39, 0.29) is 19.5 Å². The Labute approximate surface area is 229 Å². The molecule has 0 saturated heterocycles. The van der Waals surface area contributed by atoms with Gasteiger partial charge in [-0.3, -0.25) is 4.90 Å². The molecule has 0 aliphatic heterocycles. The van der Waals surface area contributed by atoms with Crippen molar-refractivity contribution in [3.63, 3.8) is 0 Å². The zero-order valence-corrected chi connectivity index (χ0v) is 22.8. The van der Waals surface area contributed by atoms with Gasteiger partial charge >= 0.3 is 0 Å². The van der Waals surface area contributed by atoms with E-state index in [2.05, 4.69) is 10.6 Å². The summed E-state index contributed by atoms with van der Waals surface area (Å²) in [5.41, 5.74) is 0. The average molecular weight is 577 g/mol. The zero-order chi connectivity index (χ0) is 30.1. The van der Waals surface area contributed by atoms with Gasteiger partial charge < -0.3 is 76.8 Å². The second-order valence-electron chi connectivity index (χ2n) is 9.91. The van der Waals surface area contributed by atoms with Crippen LogP contribution in [0.2, 0.25) is 0 Å². The number of hydrogen-bond acceptors (Lipinski definition) is 16. The van der Waals surface area contributed by atoms with Crippen LogP contribution in [0.3, 0.4) is 0 Å². The predicted octanol–water partition coefficient (Wildman–Crippen LogP) is -7.64. The monoisotopic (exact) mass is 576 g/mol. The normalized spacial score (nSPS) is 20.3. The molecule has 10 atom stereocenters. The minimum absolute atomic E-state index is 0.0330. The summed E-state index contributed by atoms with van der Waals surface area (Å²) in [6.07, 6.45) is -17.2. The number of likely N-dealkylation sites (N-methyl/N-ethyl adjacent to an activating group) is 1. The second-order valence-corrected chi connectivity index (χ2v) is 9.91. The highest BCUT2D eigenvalue weighted by Crippen LogP contribution is 2.13. The molecule has 0 aromatic heterocycles. The quantitative estimate of drug-likeness (QED) is 0.0375. The first-order valence-electron chi connectivity index (χ1n) is 13.1. The topological polar surface area (TPSA) is 273 Å². The third-order valence-corrected chi connectivity index (χ3v) is 6.38. The Hall–Kier alpha value is -0.640. The molecule has 0 radical (unpaired) electrons. The molecule has 2 unspecified atom stereocenters. The maximum absolute atomic E-state index is 10.6. The van der Waals surface area contributed by atoms with Gasteiger partial charge in [0.25, 0.3) is 0 Å². The Morgan fingerprint density at radius 1 is 0.513 bits per heavy atom. The van der Waals surface area contributed by atoms with Gasteiger partial charge in [0, 0.05) is 39.3 Å². The molecule has 16 nitrogen and oxygen atoms in total. The maximum Gasteiger partial charge on any atom is 0.136 e. The number of hydrogen-bond donors (Lipinski definition) is 14. The van der Waals surface area contributed by atoms with Crippen molar-refractivity contribution in [1.82, 2.24) is 20.4 Å². The van der Waals surface area contributed by atoms with E-state index in [0.717, 1.165) is 6.54 Å².